The Morgan fingerprint density at radius 2 is 1.93 bits per heavy atom. The molecular weight excluding hydrogens is 289 g/mol. The summed E-state index contributed by atoms with van der Waals surface area (Å²) < 4.78 is 6.61. The molecule has 1 aromatic carbocycles. The SMILES string of the molecule is Ic1ccccc1NC1CCOCC1. The molecule has 1 heterocycles. The van der Waals surface area contributed by atoms with E-state index in [1.807, 2.05) is 0 Å². The average molecular weight is 303 g/mol. The van der Waals surface area contributed by atoms with Crippen LogP contribution < -0.4 is 5.32 Å². The van der Waals surface area contributed by atoms with Gasteiger partial charge in [-0.2, -0.15) is 0 Å². The fourth-order valence-corrected chi connectivity index (χ4v) is 2.18. The van der Waals surface area contributed by atoms with Gasteiger partial charge in [-0.05, 0) is 47.6 Å². The van der Waals surface area contributed by atoms with Crippen LogP contribution in [0.5, 0.6) is 0 Å². The van der Waals surface area contributed by atoms with E-state index in [2.05, 4.69) is 52.2 Å². The topological polar surface area (TPSA) is 21.3 Å². The summed E-state index contributed by atoms with van der Waals surface area (Å²) >= 11 is 2.36. The third kappa shape index (κ3) is 2.60. The average Bonchev–Trinajstić information content (AvgIpc) is 2.23. The lowest BCUT2D eigenvalue weighted by Crippen LogP contribution is -2.28. The molecule has 2 nitrogen and oxygen atoms in total. The highest BCUT2D eigenvalue weighted by atomic mass is 127. The molecule has 0 saturated carbocycles. The van der Waals surface area contributed by atoms with Gasteiger partial charge in [0.2, 0.25) is 0 Å². The molecule has 0 aliphatic carbocycles. The molecule has 0 unspecified atom stereocenters. The van der Waals surface area contributed by atoms with Crippen molar-refractivity contribution in [2.45, 2.75) is 18.9 Å². The highest BCUT2D eigenvalue weighted by Crippen LogP contribution is 2.20. The Morgan fingerprint density at radius 3 is 2.64 bits per heavy atom. The number of ether oxygens (including phenoxy) is 1. The minimum atomic E-state index is 0.583. The summed E-state index contributed by atoms with van der Waals surface area (Å²) in [5, 5.41) is 3.56. The molecule has 2 rings (SSSR count). The van der Waals surface area contributed by atoms with E-state index in [0.29, 0.717) is 6.04 Å². The van der Waals surface area contributed by atoms with Crippen LogP contribution in [0.3, 0.4) is 0 Å². The molecule has 76 valence electrons. The maximum absolute atomic E-state index is 5.33. The Morgan fingerprint density at radius 1 is 1.21 bits per heavy atom. The first-order valence-electron chi connectivity index (χ1n) is 4.95. The van der Waals surface area contributed by atoms with Crippen molar-refractivity contribution < 1.29 is 4.74 Å². The zero-order valence-corrected chi connectivity index (χ0v) is 10.2. The van der Waals surface area contributed by atoms with E-state index < -0.39 is 0 Å². The van der Waals surface area contributed by atoms with Gasteiger partial charge in [0.05, 0.1) is 0 Å². The van der Waals surface area contributed by atoms with Gasteiger partial charge in [-0.1, -0.05) is 12.1 Å². The summed E-state index contributed by atoms with van der Waals surface area (Å²) in [4.78, 5) is 0. The number of halogens is 1. The number of para-hydroxylation sites is 1. The van der Waals surface area contributed by atoms with E-state index in [1.54, 1.807) is 0 Å². The standard InChI is InChI=1S/C11H14INO/c12-10-3-1-2-4-11(10)13-9-5-7-14-8-6-9/h1-4,9,13H,5-8H2. The Labute approximate surface area is 98.2 Å². The fourth-order valence-electron chi connectivity index (χ4n) is 1.64. The lowest BCUT2D eigenvalue weighted by molar-refractivity contribution is 0.0904. The van der Waals surface area contributed by atoms with Crippen LogP contribution in [0.4, 0.5) is 5.69 Å². The van der Waals surface area contributed by atoms with E-state index in [-0.39, 0.29) is 0 Å². The molecule has 1 N–H and O–H groups in total. The maximum atomic E-state index is 5.33. The van der Waals surface area contributed by atoms with E-state index in [1.165, 1.54) is 9.26 Å². The van der Waals surface area contributed by atoms with Crippen LogP contribution in [-0.4, -0.2) is 19.3 Å². The number of anilines is 1. The zero-order valence-electron chi connectivity index (χ0n) is 8.00. The van der Waals surface area contributed by atoms with Crippen LogP contribution in [0.15, 0.2) is 24.3 Å². The Hall–Kier alpha value is -0.290. The maximum Gasteiger partial charge on any atom is 0.0485 e. The minimum absolute atomic E-state index is 0.583. The molecule has 0 radical (unpaired) electrons. The van der Waals surface area contributed by atoms with E-state index >= 15 is 0 Å². The second kappa shape index (κ2) is 4.98. The van der Waals surface area contributed by atoms with Crippen molar-refractivity contribution in [3.63, 3.8) is 0 Å². The largest absolute Gasteiger partial charge is 0.381 e. The monoisotopic (exact) mass is 303 g/mol. The van der Waals surface area contributed by atoms with Crippen LogP contribution in [0.1, 0.15) is 12.8 Å². The molecule has 0 atom stereocenters. The summed E-state index contributed by atoms with van der Waals surface area (Å²) in [6.07, 6.45) is 2.23. The van der Waals surface area contributed by atoms with Crippen molar-refractivity contribution >= 4 is 28.3 Å². The van der Waals surface area contributed by atoms with Gasteiger partial charge in [0, 0.05) is 28.5 Å². The van der Waals surface area contributed by atoms with Crippen molar-refractivity contribution in [3.8, 4) is 0 Å². The Bertz CT molecular complexity index is 297. The molecule has 0 amide bonds. The van der Waals surface area contributed by atoms with Gasteiger partial charge in [-0.15, -0.1) is 0 Å². The van der Waals surface area contributed by atoms with Crippen LogP contribution in [0.2, 0.25) is 0 Å². The van der Waals surface area contributed by atoms with Gasteiger partial charge >= 0.3 is 0 Å². The Balaban J connectivity index is 1.99. The minimum Gasteiger partial charge on any atom is -0.381 e. The molecule has 1 aliphatic heterocycles. The first-order chi connectivity index (χ1) is 6.86. The molecule has 0 bridgehead atoms. The zero-order chi connectivity index (χ0) is 9.80. The first-order valence-corrected chi connectivity index (χ1v) is 6.03. The van der Waals surface area contributed by atoms with Gasteiger partial charge in [-0.3, -0.25) is 0 Å². The molecule has 0 aromatic heterocycles. The van der Waals surface area contributed by atoms with Gasteiger partial charge in [-0.25, -0.2) is 0 Å². The van der Waals surface area contributed by atoms with Gasteiger partial charge < -0.3 is 10.1 Å². The van der Waals surface area contributed by atoms with Crippen LogP contribution in [0.25, 0.3) is 0 Å². The molecule has 0 spiro atoms. The van der Waals surface area contributed by atoms with Crippen molar-refractivity contribution in [2.24, 2.45) is 0 Å². The summed E-state index contributed by atoms with van der Waals surface area (Å²) in [6.45, 7) is 1.78. The number of rotatable bonds is 2. The number of hydrogen-bond donors (Lipinski definition) is 1. The summed E-state index contributed by atoms with van der Waals surface area (Å²) in [5.41, 5.74) is 1.25. The first kappa shape index (κ1) is 10.2. The quantitative estimate of drug-likeness (QED) is 0.848. The van der Waals surface area contributed by atoms with Gasteiger partial charge in [0.1, 0.15) is 0 Å². The lowest BCUT2D eigenvalue weighted by atomic mass is 10.1. The number of hydrogen-bond acceptors (Lipinski definition) is 2. The molecule has 1 aromatic rings. The predicted octanol–water partition coefficient (Wildman–Crippen LogP) is 2.88. The summed E-state index contributed by atoms with van der Waals surface area (Å²) in [6, 6.07) is 8.99. The highest BCUT2D eigenvalue weighted by molar-refractivity contribution is 14.1. The molecule has 3 heteroatoms. The lowest BCUT2D eigenvalue weighted by Gasteiger charge is -2.24. The van der Waals surface area contributed by atoms with Crippen molar-refractivity contribution in [3.05, 3.63) is 27.8 Å². The third-order valence-corrected chi connectivity index (χ3v) is 3.40. The van der Waals surface area contributed by atoms with Gasteiger partial charge in [0.15, 0.2) is 0 Å². The van der Waals surface area contributed by atoms with Crippen LogP contribution >= 0.6 is 22.6 Å². The normalized spacial score (nSPS) is 18.1. The van der Waals surface area contributed by atoms with Crippen molar-refractivity contribution in [1.82, 2.24) is 0 Å². The number of benzene rings is 1. The van der Waals surface area contributed by atoms with Crippen molar-refractivity contribution in [1.29, 1.82) is 0 Å². The molecule has 1 saturated heterocycles. The molecule has 14 heavy (non-hydrogen) atoms. The smallest absolute Gasteiger partial charge is 0.0485 e. The van der Waals surface area contributed by atoms with Crippen molar-refractivity contribution in [2.75, 3.05) is 18.5 Å². The summed E-state index contributed by atoms with van der Waals surface area (Å²) in [7, 11) is 0. The Kier molecular flexibility index (Phi) is 3.64. The summed E-state index contributed by atoms with van der Waals surface area (Å²) in [5.74, 6) is 0. The highest BCUT2D eigenvalue weighted by Gasteiger charge is 2.13. The predicted molar refractivity (Wildman–Crippen MR) is 66.6 cm³/mol. The second-order valence-corrected chi connectivity index (χ2v) is 4.67. The van der Waals surface area contributed by atoms with Gasteiger partial charge in [0.25, 0.3) is 0 Å². The van der Waals surface area contributed by atoms with E-state index in [9.17, 15) is 0 Å². The third-order valence-electron chi connectivity index (χ3n) is 2.45. The van der Waals surface area contributed by atoms with Crippen LogP contribution in [0, 0.1) is 3.57 Å². The molecule has 1 aliphatic rings. The molecular formula is C11H14INO. The van der Waals surface area contributed by atoms with E-state index in [4.69, 9.17) is 4.74 Å². The second-order valence-electron chi connectivity index (χ2n) is 3.51. The molecule has 1 fully saturated rings. The number of nitrogens with one attached hydrogen (secondary N) is 1. The van der Waals surface area contributed by atoms with Crippen LogP contribution in [-0.2, 0) is 4.74 Å². The fraction of sp³-hybridized carbons (Fsp3) is 0.455. The van der Waals surface area contributed by atoms with E-state index in [0.717, 1.165) is 26.1 Å².